The normalized spacial score (nSPS) is 27.1. The average Bonchev–Trinajstić information content (AvgIpc) is 2.17. The van der Waals surface area contributed by atoms with Crippen LogP contribution in [0.1, 0.15) is 6.42 Å². The van der Waals surface area contributed by atoms with Crippen LogP contribution >= 0.6 is 0 Å². The van der Waals surface area contributed by atoms with Crippen LogP contribution in [0.2, 0.25) is 0 Å². The number of nitrogens with zero attached hydrogens (tertiary/aromatic N) is 1. The second kappa shape index (κ2) is 4.28. The van der Waals surface area contributed by atoms with Crippen LogP contribution in [0.3, 0.4) is 0 Å². The second-order valence-electron chi connectivity index (χ2n) is 3.31. The smallest absolute Gasteiger partial charge is 0.409 e. The van der Waals surface area contributed by atoms with Crippen molar-refractivity contribution < 1.29 is 19.4 Å². The van der Waals surface area contributed by atoms with Gasteiger partial charge in [-0.25, -0.2) is 4.79 Å². The molecule has 1 aliphatic rings. The molecule has 1 aliphatic heterocycles. The summed E-state index contributed by atoms with van der Waals surface area (Å²) in [6.07, 6.45) is -0.00495. The molecule has 80 valence electrons. The average molecular weight is 202 g/mol. The summed E-state index contributed by atoms with van der Waals surface area (Å²) in [7, 11) is 1.27. The van der Waals surface area contributed by atoms with Crippen molar-refractivity contribution in [1.82, 2.24) is 4.90 Å². The number of hydrogen-bond acceptors (Lipinski definition) is 4. The van der Waals surface area contributed by atoms with E-state index in [1.807, 2.05) is 0 Å². The van der Waals surface area contributed by atoms with Crippen LogP contribution < -0.4 is 5.73 Å². The van der Waals surface area contributed by atoms with Crippen LogP contribution in [0.5, 0.6) is 0 Å². The molecule has 0 aromatic heterocycles. The maximum Gasteiger partial charge on any atom is 0.409 e. The van der Waals surface area contributed by atoms with Crippen molar-refractivity contribution in [2.24, 2.45) is 11.7 Å². The number of nitrogens with two attached hydrogens (primary N) is 1. The van der Waals surface area contributed by atoms with E-state index in [-0.39, 0.29) is 12.6 Å². The highest BCUT2D eigenvalue weighted by molar-refractivity contribution is 5.73. The molecule has 6 heteroatoms. The van der Waals surface area contributed by atoms with Crippen LogP contribution in [0.15, 0.2) is 0 Å². The number of aliphatic carboxylic acids is 1. The molecule has 14 heavy (non-hydrogen) atoms. The molecule has 1 heterocycles. The molecular formula is C8H14N2O4. The summed E-state index contributed by atoms with van der Waals surface area (Å²) < 4.78 is 4.51. The summed E-state index contributed by atoms with van der Waals surface area (Å²) in [6.45, 7) is 0.584. The molecule has 1 fully saturated rings. The van der Waals surface area contributed by atoms with Gasteiger partial charge in [0.15, 0.2) is 0 Å². The van der Waals surface area contributed by atoms with E-state index in [2.05, 4.69) is 4.74 Å². The Kier molecular flexibility index (Phi) is 3.29. The summed E-state index contributed by atoms with van der Waals surface area (Å²) in [5, 5.41) is 8.82. The zero-order valence-corrected chi connectivity index (χ0v) is 7.97. The maximum atomic E-state index is 11.1. The van der Waals surface area contributed by atoms with Crippen LogP contribution in [-0.4, -0.2) is 48.3 Å². The van der Waals surface area contributed by atoms with Gasteiger partial charge in [-0.1, -0.05) is 0 Å². The van der Waals surface area contributed by atoms with Crippen molar-refractivity contribution in [3.05, 3.63) is 0 Å². The molecule has 3 N–H and O–H groups in total. The Morgan fingerprint density at radius 1 is 1.57 bits per heavy atom. The third-order valence-electron chi connectivity index (χ3n) is 2.42. The minimum absolute atomic E-state index is 0.128. The van der Waals surface area contributed by atoms with Crippen LogP contribution in [0, 0.1) is 5.92 Å². The summed E-state index contributed by atoms with van der Waals surface area (Å²) in [4.78, 5) is 23.2. The third-order valence-corrected chi connectivity index (χ3v) is 2.42. The monoisotopic (exact) mass is 202 g/mol. The van der Waals surface area contributed by atoms with Gasteiger partial charge < -0.3 is 20.5 Å². The van der Waals surface area contributed by atoms with E-state index in [0.717, 1.165) is 0 Å². The number of ether oxygens (including phenoxy) is 1. The lowest BCUT2D eigenvalue weighted by Gasteiger charge is -2.33. The molecule has 1 saturated heterocycles. The van der Waals surface area contributed by atoms with E-state index in [1.54, 1.807) is 0 Å². The summed E-state index contributed by atoms with van der Waals surface area (Å²) in [6, 6.07) is -0.381. The largest absolute Gasteiger partial charge is 0.481 e. The fraction of sp³-hybridized carbons (Fsp3) is 0.750. The summed E-state index contributed by atoms with van der Waals surface area (Å²) in [5.41, 5.74) is 5.62. The SMILES string of the molecule is COC(=O)N1CCC(N)C(C(=O)O)C1. The zero-order chi connectivity index (χ0) is 10.7. The topological polar surface area (TPSA) is 92.9 Å². The van der Waals surface area contributed by atoms with Gasteiger partial charge in [-0.2, -0.15) is 0 Å². The maximum absolute atomic E-state index is 11.1. The van der Waals surface area contributed by atoms with E-state index < -0.39 is 18.0 Å². The van der Waals surface area contributed by atoms with Crippen LogP contribution in [-0.2, 0) is 9.53 Å². The van der Waals surface area contributed by atoms with Crippen molar-refractivity contribution in [2.45, 2.75) is 12.5 Å². The van der Waals surface area contributed by atoms with Crippen molar-refractivity contribution in [3.63, 3.8) is 0 Å². The number of carboxylic acids is 1. The molecule has 6 nitrogen and oxygen atoms in total. The first-order valence-electron chi connectivity index (χ1n) is 4.37. The Bertz CT molecular complexity index is 243. The van der Waals surface area contributed by atoms with Crippen LogP contribution in [0.25, 0.3) is 0 Å². The van der Waals surface area contributed by atoms with Gasteiger partial charge in [0.1, 0.15) is 0 Å². The first-order chi connectivity index (χ1) is 6.56. The van der Waals surface area contributed by atoms with Crippen LogP contribution in [0.4, 0.5) is 4.79 Å². The van der Waals surface area contributed by atoms with Crippen molar-refractivity contribution in [2.75, 3.05) is 20.2 Å². The van der Waals surface area contributed by atoms with Crippen molar-refractivity contribution in [3.8, 4) is 0 Å². The highest BCUT2D eigenvalue weighted by Gasteiger charge is 2.34. The van der Waals surface area contributed by atoms with Gasteiger partial charge in [-0.3, -0.25) is 4.79 Å². The Morgan fingerprint density at radius 2 is 2.21 bits per heavy atom. The van der Waals surface area contributed by atoms with Gasteiger partial charge in [0.05, 0.1) is 13.0 Å². The number of piperidine rings is 1. The second-order valence-corrected chi connectivity index (χ2v) is 3.31. The molecule has 0 radical (unpaired) electrons. The molecule has 0 aromatic rings. The quantitative estimate of drug-likeness (QED) is 0.597. The third kappa shape index (κ3) is 2.14. The molecule has 0 aliphatic carbocycles. The number of likely N-dealkylation sites (tertiary alicyclic amines) is 1. The fourth-order valence-corrected chi connectivity index (χ4v) is 1.53. The fourth-order valence-electron chi connectivity index (χ4n) is 1.53. The molecule has 1 amide bonds. The van der Waals surface area contributed by atoms with E-state index in [9.17, 15) is 9.59 Å². The van der Waals surface area contributed by atoms with Gasteiger partial charge in [0.25, 0.3) is 0 Å². The number of hydrogen-bond donors (Lipinski definition) is 2. The lowest BCUT2D eigenvalue weighted by molar-refractivity contribution is -0.143. The molecule has 2 unspecified atom stereocenters. The number of carboxylic acid groups (broad SMARTS) is 1. The van der Waals surface area contributed by atoms with Crippen molar-refractivity contribution in [1.29, 1.82) is 0 Å². The van der Waals surface area contributed by atoms with Gasteiger partial charge >= 0.3 is 12.1 Å². The molecule has 0 bridgehead atoms. The molecule has 0 saturated carbocycles. The molecular weight excluding hydrogens is 188 g/mol. The Morgan fingerprint density at radius 3 is 2.71 bits per heavy atom. The predicted octanol–water partition coefficient (Wildman–Crippen LogP) is -0.513. The molecule has 2 atom stereocenters. The highest BCUT2D eigenvalue weighted by Crippen LogP contribution is 2.16. The van der Waals surface area contributed by atoms with Crippen molar-refractivity contribution >= 4 is 12.1 Å². The van der Waals surface area contributed by atoms with Gasteiger partial charge in [0, 0.05) is 19.1 Å². The van der Waals surface area contributed by atoms with Gasteiger partial charge in [-0.05, 0) is 6.42 Å². The number of carbonyl (C=O) groups is 2. The molecule has 0 spiro atoms. The minimum atomic E-state index is -0.967. The van der Waals surface area contributed by atoms with E-state index >= 15 is 0 Å². The Labute approximate surface area is 81.6 Å². The van der Waals surface area contributed by atoms with E-state index in [0.29, 0.717) is 13.0 Å². The first-order valence-corrected chi connectivity index (χ1v) is 4.37. The lowest BCUT2D eigenvalue weighted by atomic mass is 9.93. The predicted molar refractivity (Wildman–Crippen MR) is 47.7 cm³/mol. The lowest BCUT2D eigenvalue weighted by Crippen LogP contribution is -2.51. The summed E-state index contributed by atoms with van der Waals surface area (Å²) >= 11 is 0. The zero-order valence-electron chi connectivity index (χ0n) is 7.97. The van der Waals surface area contributed by atoms with E-state index in [1.165, 1.54) is 12.0 Å². The standard InChI is InChI=1S/C8H14N2O4/c1-14-8(13)10-3-2-6(9)5(4-10)7(11)12/h5-6H,2-4,9H2,1H3,(H,11,12). The number of methoxy groups -OCH3 is 1. The summed E-state index contributed by atoms with van der Waals surface area (Å²) in [5.74, 6) is -1.66. The number of amides is 1. The Hall–Kier alpha value is -1.30. The number of rotatable bonds is 1. The number of carbonyl (C=O) groups excluding carboxylic acids is 1. The minimum Gasteiger partial charge on any atom is -0.481 e. The van der Waals surface area contributed by atoms with Gasteiger partial charge in [0.2, 0.25) is 0 Å². The highest BCUT2D eigenvalue weighted by atomic mass is 16.5. The molecule has 0 aromatic carbocycles. The first kappa shape index (κ1) is 10.8. The molecule has 1 rings (SSSR count). The van der Waals surface area contributed by atoms with E-state index in [4.69, 9.17) is 10.8 Å². The van der Waals surface area contributed by atoms with Gasteiger partial charge in [-0.15, -0.1) is 0 Å². The Balaban J connectivity index is 2.62.